The molecule has 0 bridgehead atoms. The van der Waals surface area contributed by atoms with Gasteiger partial charge in [0, 0.05) is 11.8 Å². The van der Waals surface area contributed by atoms with Crippen LogP contribution in [0.1, 0.15) is 56.6 Å². The van der Waals surface area contributed by atoms with Crippen molar-refractivity contribution in [2.75, 3.05) is 19.8 Å². The van der Waals surface area contributed by atoms with Crippen molar-refractivity contribution in [1.29, 1.82) is 0 Å². The lowest BCUT2D eigenvalue weighted by atomic mass is 10.1. The zero-order valence-corrected chi connectivity index (χ0v) is 22.7. The van der Waals surface area contributed by atoms with Crippen molar-refractivity contribution >= 4 is 11.8 Å². The van der Waals surface area contributed by atoms with Crippen LogP contribution in [0, 0.1) is 11.8 Å². The fraction of sp³-hybridized carbons (Fsp3) is 0.448. The SMILES string of the molecule is CC(C)C(=O)NC(COCCn1cc(COCC(NC(=O)C(C)C)c2ccccc2)nn1)c1ccccc1. The topological polar surface area (TPSA) is 107 Å². The van der Waals surface area contributed by atoms with Gasteiger partial charge in [0.15, 0.2) is 0 Å². The largest absolute Gasteiger partial charge is 0.377 e. The minimum Gasteiger partial charge on any atom is -0.377 e. The van der Waals surface area contributed by atoms with Crippen LogP contribution in [0.2, 0.25) is 0 Å². The normalized spacial score (nSPS) is 12.9. The van der Waals surface area contributed by atoms with E-state index in [9.17, 15) is 9.59 Å². The van der Waals surface area contributed by atoms with Crippen LogP contribution < -0.4 is 10.6 Å². The summed E-state index contributed by atoms with van der Waals surface area (Å²) in [6.45, 7) is 9.36. The van der Waals surface area contributed by atoms with E-state index >= 15 is 0 Å². The lowest BCUT2D eigenvalue weighted by molar-refractivity contribution is -0.126. The molecule has 204 valence electrons. The minimum absolute atomic E-state index is 0.0124. The molecule has 3 aromatic rings. The molecule has 38 heavy (non-hydrogen) atoms. The third kappa shape index (κ3) is 9.39. The number of carbonyl (C=O) groups excluding carboxylic acids is 2. The lowest BCUT2D eigenvalue weighted by Crippen LogP contribution is -2.34. The zero-order valence-electron chi connectivity index (χ0n) is 22.7. The molecule has 0 aliphatic heterocycles. The molecule has 1 heterocycles. The molecule has 9 nitrogen and oxygen atoms in total. The Labute approximate surface area is 224 Å². The van der Waals surface area contributed by atoms with Crippen molar-refractivity contribution in [2.45, 2.75) is 52.9 Å². The molecule has 2 N–H and O–H groups in total. The Balaban J connectivity index is 1.46. The third-order valence-corrected chi connectivity index (χ3v) is 5.96. The molecule has 0 saturated heterocycles. The van der Waals surface area contributed by atoms with Gasteiger partial charge in [-0.25, -0.2) is 4.68 Å². The number of benzene rings is 2. The van der Waals surface area contributed by atoms with Gasteiger partial charge in [-0.1, -0.05) is 93.6 Å². The van der Waals surface area contributed by atoms with Crippen molar-refractivity contribution < 1.29 is 19.1 Å². The highest BCUT2D eigenvalue weighted by Crippen LogP contribution is 2.16. The van der Waals surface area contributed by atoms with E-state index in [1.807, 2.05) is 94.6 Å². The number of carbonyl (C=O) groups is 2. The highest BCUT2D eigenvalue weighted by atomic mass is 16.5. The molecule has 0 fully saturated rings. The van der Waals surface area contributed by atoms with Crippen LogP contribution in [0.4, 0.5) is 0 Å². The van der Waals surface area contributed by atoms with E-state index in [4.69, 9.17) is 9.47 Å². The Morgan fingerprint density at radius 3 is 1.79 bits per heavy atom. The maximum absolute atomic E-state index is 12.3. The maximum atomic E-state index is 12.3. The summed E-state index contributed by atoms with van der Waals surface area (Å²) in [6, 6.07) is 19.1. The Bertz CT molecular complexity index is 1120. The Morgan fingerprint density at radius 1 is 0.789 bits per heavy atom. The molecule has 0 aliphatic rings. The number of hydrogen-bond donors (Lipinski definition) is 2. The first-order valence-electron chi connectivity index (χ1n) is 13.1. The highest BCUT2D eigenvalue weighted by molar-refractivity contribution is 5.78. The van der Waals surface area contributed by atoms with E-state index in [-0.39, 0.29) is 42.3 Å². The minimum atomic E-state index is -0.247. The summed E-state index contributed by atoms with van der Waals surface area (Å²) in [5.74, 6) is -0.252. The first-order valence-corrected chi connectivity index (χ1v) is 13.1. The lowest BCUT2D eigenvalue weighted by Gasteiger charge is -2.20. The summed E-state index contributed by atoms with van der Waals surface area (Å²) in [7, 11) is 0. The van der Waals surface area contributed by atoms with Gasteiger partial charge in [-0.15, -0.1) is 5.10 Å². The number of amides is 2. The van der Waals surface area contributed by atoms with Crippen LogP contribution in [0.3, 0.4) is 0 Å². The highest BCUT2D eigenvalue weighted by Gasteiger charge is 2.18. The smallest absolute Gasteiger partial charge is 0.223 e. The van der Waals surface area contributed by atoms with E-state index in [1.165, 1.54) is 0 Å². The van der Waals surface area contributed by atoms with Gasteiger partial charge in [0.05, 0.1) is 51.3 Å². The van der Waals surface area contributed by atoms with Crippen molar-refractivity contribution in [3.05, 3.63) is 83.7 Å². The molecule has 0 radical (unpaired) electrons. The predicted octanol–water partition coefficient (Wildman–Crippen LogP) is 3.84. The maximum Gasteiger partial charge on any atom is 0.223 e. The van der Waals surface area contributed by atoms with Gasteiger partial charge in [0.2, 0.25) is 11.8 Å². The number of hydrogen-bond acceptors (Lipinski definition) is 6. The number of aromatic nitrogens is 3. The second-order valence-corrected chi connectivity index (χ2v) is 9.82. The number of ether oxygens (including phenoxy) is 2. The van der Waals surface area contributed by atoms with Crippen LogP contribution in [-0.4, -0.2) is 46.6 Å². The zero-order chi connectivity index (χ0) is 27.3. The predicted molar refractivity (Wildman–Crippen MR) is 145 cm³/mol. The summed E-state index contributed by atoms with van der Waals surface area (Å²) >= 11 is 0. The van der Waals surface area contributed by atoms with E-state index in [0.717, 1.165) is 11.1 Å². The summed E-state index contributed by atoms with van der Waals surface area (Å²) in [5.41, 5.74) is 2.68. The molecular weight excluding hydrogens is 482 g/mol. The molecule has 1 aromatic heterocycles. The first-order chi connectivity index (χ1) is 18.3. The van der Waals surface area contributed by atoms with E-state index in [0.29, 0.717) is 32.1 Å². The molecule has 2 unspecified atom stereocenters. The molecule has 2 aromatic carbocycles. The van der Waals surface area contributed by atoms with Gasteiger partial charge in [-0.3, -0.25) is 9.59 Å². The van der Waals surface area contributed by atoms with Gasteiger partial charge in [-0.2, -0.15) is 0 Å². The molecular formula is C29H39N5O4. The molecule has 2 amide bonds. The van der Waals surface area contributed by atoms with Gasteiger partial charge < -0.3 is 20.1 Å². The van der Waals surface area contributed by atoms with Crippen LogP contribution in [-0.2, 0) is 32.2 Å². The summed E-state index contributed by atoms with van der Waals surface area (Å²) in [4.78, 5) is 24.5. The summed E-state index contributed by atoms with van der Waals surface area (Å²) in [5, 5.41) is 14.4. The standard InChI is InChI=1S/C29H39N5O4/c1-21(2)28(35)30-26(23-11-7-5-8-12-23)19-37-16-15-34-17-25(32-33-34)18-38-20-27(31-29(36)22(3)4)24-13-9-6-10-14-24/h5-14,17,21-22,26-27H,15-16,18-20H2,1-4H3,(H,30,35)(H,31,36). The van der Waals surface area contributed by atoms with E-state index in [1.54, 1.807) is 4.68 Å². The summed E-state index contributed by atoms with van der Waals surface area (Å²) in [6.07, 6.45) is 1.82. The third-order valence-electron chi connectivity index (χ3n) is 5.96. The van der Waals surface area contributed by atoms with Crippen LogP contribution in [0.5, 0.6) is 0 Å². The van der Waals surface area contributed by atoms with Crippen molar-refractivity contribution in [2.24, 2.45) is 11.8 Å². The van der Waals surface area contributed by atoms with Gasteiger partial charge >= 0.3 is 0 Å². The number of rotatable bonds is 15. The summed E-state index contributed by atoms with van der Waals surface area (Å²) < 4.78 is 13.5. The second-order valence-electron chi connectivity index (χ2n) is 9.82. The molecule has 0 spiro atoms. The van der Waals surface area contributed by atoms with Crippen LogP contribution in [0.25, 0.3) is 0 Å². The van der Waals surface area contributed by atoms with Crippen molar-refractivity contribution in [1.82, 2.24) is 25.6 Å². The van der Waals surface area contributed by atoms with Crippen LogP contribution >= 0.6 is 0 Å². The molecule has 0 saturated carbocycles. The molecule has 2 atom stereocenters. The van der Waals surface area contributed by atoms with E-state index < -0.39 is 0 Å². The average molecular weight is 522 g/mol. The Hall–Kier alpha value is -3.56. The number of nitrogens with one attached hydrogen (secondary N) is 2. The average Bonchev–Trinajstić information content (AvgIpc) is 3.38. The molecule has 3 rings (SSSR count). The van der Waals surface area contributed by atoms with Crippen molar-refractivity contribution in [3.8, 4) is 0 Å². The van der Waals surface area contributed by atoms with Crippen LogP contribution in [0.15, 0.2) is 66.9 Å². The first kappa shape index (κ1) is 29.0. The van der Waals surface area contributed by atoms with Gasteiger partial charge in [0.25, 0.3) is 0 Å². The van der Waals surface area contributed by atoms with E-state index in [2.05, 4.69) is 20.9 Å². The number of nitrogens with zero attached hydrogens (tertiary/aromatic N) is 3. The fourth-order valence-electron chi connectivity index (χ4n) is 3.64. The van der Waals surface area contributed by atoms with Crippen molar-refractivity contribution in [3.63, 3.8) is 0 Å². The molecule has 0 aliphatic carbocycles. The Kier molecular flexibility index (Phi) is 11.4. The van der Waals surface area contributed by atoms with Gasteiger partial charge in [0.1, 0.15) is 5.69 Å². The quantitative estimate of drug-likeness (QED) is 0.294. The fourth-order valence-corrected chi connectivity index (χ4v) is 3.64. The second kappa shape index (κ2) is 15.0. The molecule has 9 heteroatoms. The Morgan fingerprint density at radius 2 is 1.29 bits per heavy atom. The van der Waals surface area contributed by atoms with Gasteiger partial charge in [-0.05, 0) is 11.1 Å². The monoisotopic (exact) mass is 521 g/mol.